The van der Waals surface area contributed by atoms with E-state index in [1.165, 1.54) is 0 Å². The Kier molecular flexibility index (Phi) is 84.3. The predicted octanol–water partition coefficient (Wildman–Crippen LogP) is -8.58. The van der Waals surface area contributed by atoms with E-state index in [4.69, 9.17) is 15.1 Å². The zero-order valence-electron chi connectivity index (χ0n) is 6.09. The largest absolute Gasteiger partial charge is 2.00 e. The molecule has 3 N–H and O–H groups in total. The molecule has 0 bridgehead atoms. The Balaban J connectivity index is -0.00000000300. The van der Waals surface area contributed by atoms with Crippen LogP contribution in [-0.2, 0) is 0 Å². The SMILES string of the molecule is OB(O)O.[Br-].[Br-].[Ca+2].[Ca+2].[H-].[H-]. The minimum atomic E-state index is -2.17. The van der Waals surface area contributed by atoms with Gasteiger partial charge in [-0.05, 0) is 0 Å². The van der Waals surface area contributed by atoms with Gasteiger partial charge in [-0.15, -0.1) is 0 Å². The second-order valence-electron chi connectivity index (χ2n) is 0.346. The van der Waals surface area contributed by atoms with Crippen LogP contribution < -0.4 is 34.0 Å². The van der Waals surface area contributed by atoms with Crippen molar-refractivity contribution in [1.29, 1.82) is 0 Å². The van der Waals surface area contributed by atoms with Gasteiger partial charge in [-0.3, -0.25) is 0 Å². The number of hydrogen-bond donors (Lipinski definition) is 3. The van der Waals surface area contributed by atoms with Crippen LogP contribution in [0.5, 0.6) is 0 Å². The zero-order valence-corrected chi connectivity index (χ0v) is 11.7. The van der Waals surface area contributed by atoms with Crippen LogP contribution in [0.25, 0.3) is 0 Å². The summed E-state index contributed by atoms with van der Waals surface area (Å²) in [6.07, 6.45) is 0. The molecule has 0 aliphatic rings. The van der Waals surface area contributed by atoms with E-state index in [9.17, 15) is 0 Å². The van der Waals surface area contributed by atoms with Crippen molar-refractivity contribution >= 4 is 82.8 Å². The summed E-state index contributed by atoms with van der Waals surface area (Å²) in [5.74, 6) is 0. The van der Waals surface area contributed by atoms with Crippen molar-refractivity contribution < 1.29 is 51.9 Å². The molecule has 0 fully saturated rings. The van der Waals surface area contributed by atoms with Crippen molar-refractivity contribution in [2.24, 2.45) is 0 Å². The molecule has 0 spiro atoms. The van der Waals surface area contributed by atoms with Gasteiger partial charge in [0.2, 0.25) is 0 Å². The van der Waals surface area contributed by atoms with Gasteiger partial charge in [0.1, 0.15) is 0 Å². The molecule has 0 aromatic rings. The summed E-state index contributed by atoms with van der Waals surface area (Å²) < 4.78 is 0. The van der Waals surface area contributed by atoms with Crippen LogP contribution in [0.3, 0.4) is 0 Å². The molecule has 0 saturated heterocycles. The first-order chi connectivity index (χ1) is 1.73. The summed E-state index contributed by atoms with van der Waals surface area (Å²) in [7, 11) is -2.17. The van der Waals surface area contributed by atoms with E-state index < -0.39 is 7.32 Å². The van der Waals surface area contributed by atoms with Crippen LogP contribution in [0.4, 0.5) is 0 Å². The molecule has 0 aliphatic carbocycles. The van der Waals surface area contributed by atoms with Crippen LogP contribution >= 0.6 is 0 Å². The van der Waals surface area contributed by atoms with Crippen molar-refractivity contribution in [2.45, 2.75) is 0 Å². The van der Waals surface area contributed by atoms with Gasteiger partial charge >= 0.3 is 82.8 Å². The fourth-order valence-electron chi connectivity index (χ4n) is 0. The minimum absolute atomic E-state index is 0. The maximum Gasteiger partial charge on any atom is 2.00 e. The van der Waals surface area contributed by atoms with E-state index in [2.05, 4.69) is 0 Å². The first-order valence-electron chi connectivity index (χ1n) is 0.775. The smallest absolute Gasteiger partial charge is 1.00 e. The fourth-order valence-corrected chi connectivity index (χ4v) is 0. The summed E-state index contributed by atoms with van der Waals surface area (Å²) in [4.78, 5) is 0. The third-order valence-corrected chi connectivity index (χ3v) is 0. The molecule has 0 radical (unpaired) electrons. The molecule has 44 valence electrons. The maximum absolute atomic E-state index is 7.17. The Hall–Kier alpha value is 3.42. The van der Waals surface area contributed by atoms with E-state index >= 15 is 0 Å². The average Bonchev–Trinajstić information content (AvgIpc) is 0.811. The third-order valence-electron chi connectivity index (χ3n) is 0. The van der Waals surface area contributed by atoms with E-state index in [0.29, 0.717) is 0 Å². The maximum atomic E-state index is 7.17. The van der Waals surface area contributed by atoms with Gasteiger partial charge in [-0.1, -0.05) is 0 Å². The molecule has 0 saturated carbocycles. The van der Waals surface area contributed by atoms with Crippen molar-refractivity contribution in [1.82, 2.24) is 0 Å². The molecule has 0 heterocycles. The van der Waals surface area contributed by atoms with Gasteiger partial charge in [0.25, 0.3) is 0 Å². The zero-order chi connectivity index (χ0) is 3.58. The monoisotopic (exact) mass is 302 g/mol. The molecule has 8 heteroatoms. The summed E-state index contributed by atoms with van der Waals surface area (Å²) in [5.41, 5.74) is 0. The molecular weight excluding hydrogens is 299 g/mol. The summed E-state index contributed by atoms with van der Waals surface area (Å²) in [6.45, 7) is 0. The Morgan fingerprint density at radius 1 is 0.875 bits per heavy atom. The Morgan fingerprint density at radius 3 is 0.875 bits per heavy atom. The van der Waals surface area contributed by atoms with Gasteiger partial charge in [0, 0.05) is 0 Å². The molecule has 0 aromatic heterocycles. The predicted molar refractivity (Wildman–Crippen MR) is 26.1 cm³/mol. The van der Waals surface area contributed by atoms with Crippen molar-refractivity contribution in [3.8, 4) is 0 Å². The molecule has 0 amide bonds. The van der Waals surface area contributed by atoms with Crippen molar-refractivity contribution in [3.05, 3.63) is 0 Å². The van der Waals surface area contributed by atoms with E-state index in [1.807, 2.05) is 0 Å². The second-order valence-corrected chi connectivity index (χ2v) is 0.346. The van der Waals surface area contributed by atoms with Crippen LogP contribution in [-0.4, -0.2) is 97.9 Å². The van der Waals surface area contributed by atoms with E-state index in [-0.39, 0.29) is 112 Å². The number of hydrogen-bond acceptors (Lipinski definition) is 3. The number of halogens is 2. The average molecular weight is 304 g/mol. The van der Waals surface area contributed by atoms with Gasteiger partial charge in [-0.2, -0.15) is 0 Å². The Bertz CT molecular complexity index is 27.2. The minimum Gasteiger partial charge on any atom is -1.00 e. The summed E-state index contributed by atoms with van der Waals surface area (Å²) in [6, 6.07) is 0. The van der Waals surface area contributed by atoms with Crippen LogP contribution in [0.15, 0.2) is 0 Å². The Morgan fingerprint density at radius 2 is 0.875 bits per heavy atom. The quantitative estimate of drug-likeness (QED) is 0.390. The summed E-state index contributed by atoms with van der Waals surface area (Å²) in [5, 5.41) is 21.5. The van der Waals surface area contributed by atoms with E-state index in [1.54, 1.807) is 0 Å². The third kappa shape index (κ3) is 57.0. The molecule has 0 unspecified atom stereocenters. The topological polar surface area (TPSA) is 60.7 Å². The van der Waals surface area contributed by atoms with Crippen molar-refractivity contribution in [2.75, 3.05) is 0 Å². The van der Waals surface area contributed by atoms with Gasteiger partial charge in [0.15, 0.2) is 0 Å². The van der Waals surface area contributed by atoms with Crippen LogP contribution in [0.2, 0.25) is 0 Å². The molecule has 8 heavy (non-hydrogen) atoms. The normalized spacial score (nSPS) is 3.38. The molecule has 0 atom stereocenters. The molecular formula is H5BBr2Ca2O3. The van der Waals surface area contributed by atoms with Gasteiger partial charge in [-0.25, -0.2) is 0 Å². The Labute approximate surface area is 132 Å². The van der Waals surface area contributed by atoms with E-state index in [0.717, 1.165) is 0 Å². The molecule has 0 rings (SSSR count). The standard InChI is InChI=1S/BH3O3.2BrH.2Ca.2H/c2-1(3)4;;;;;;/h2-4H;2*1H;;;;/q;;;2*+2;2*-1/p-2. The molecule has 0 aliphatic heterocycles. The van der Waals surface area contributed by atoms with Crippen LogP contribution in [0.1, 0.15) is 2.85 Å². The van der Waals surface area contributed by atoms with Crippen molar-refractivity contribution in [3.63, 3.8) is 0 Å². The van der Waals surface area contributed by atoms with Gasteiger partial charge in [0.05, 0.1) is 0 Å². The molecule has 3 nitrogen and oxygen atoms in total. The second kappa shape index (κ2) is 22.4. The van der Waals surface area contributed by atoms with Gasteiger partial charge < -0.3 is 51.9 Å². The molecule has 0 aromatic carbocycles. The first-order valence-corrected chi connectivity index (χ1v) is 0.775. The fraction of sp³-hybridized carbons (Fsp3) is 0. The number of rotatable bonds is 0. The first kappa shape index (κ1) is 30.1. The summed E-state index contributed by atoms with van der Waals surface area (Å²) >= 11 is 0. The van der Waals surface area contributed by atoms with Crippen LogP contribution in [0, 0.1) is 0 Å².